The Morgan fingerprint density at radius 3 is 2.94 bits per heavy atom. The molecule has 0 saturated carbocycles. The summed E-state index contributed by atoms with van der Waals surface area (Å²) in [7, 11) is 0. The number of hydrogen-bond donors (Lipinski definition) is 1. The highest BCUT2D eigenvalue weighted by Gasteiger charge is 2.14. The summed E-state index contributed by atoms with van der Waals surface area (Å²) in [6.45, 7) is 3.59. The van der Waals surface area contributed by atoms with Gasteiger partial charge in [-0.3, -0.25) is 9.59 Å². The van der Waals surface area contributed by atoms with Gasteiger partial charge in [0, 0.05) is 32.2 Å². The van der Waals surface area contributed by atoms with Gasteiger partial charge in [-0.25, -0.2) is 4.98 Å². The van der Waals surface area contributed by atoms with Crippen LogP contribution in [0.5, 0.6) is 0 Å². The molecular formula is C10H12N4O2S. The Labute approximate surface area is 102 Å². The summed E-state index contributed by atoms with van der Waals surface area (Å²) in [6.07, 6.45) is 0. The van der Waals surface area contributed by atoms with Crippen molar-refractivity contribution in [2.45, 2.75) is 25.5 Å². The third-order valence-electron chi connectivity index (χ3n) is 2.11. The largest absolute Gasteiger partial charge is 0.311 e. The normalized spacial score (nSPS) is 14.6. The van der Waals surface area contributed by atoms with Crippen LogP contribution in [0.1, 0.15) is 13.8 Å². The predicted octanol–water partition coefficient (Wildman–Crippen LogP) is 0.394. The molecule has 0 aromatic carbocycles. The molecule has 6 nitrogen and oxygen atoms in total. The second-order valence-electron chi connectivity index (χ2n) is 3.59. The number of carbonyl (C=O) groups is 2. The molecule has 0 radical (unpaired) electrons. The summed E-state index contributed by atoms with van der Waals surface area (Å²) in [5.74, 6) is 0.866. The van der Waals surface area contributed by atoms with Crippen LogP contribution in [0.15, 0.2) is 16.2 Å². The van der Waals surface area contributed by atoms with E-state index in [-0.39, 0.29) is 11.8 Å². The van der Waals surface area contributed by atoms with Crippen molar-refractivity contribution in [3.63, 3.8) is 0 Å². The van der Waals surface area contributed by atoms with E-state index in [9.17, 15) is 9.59 Å². The van der Waals surface area contributed by atoms with Crippen LogP contribution in [0.25, 0.3) is 0 Å². The Morgan fingerprint density at radius 2 is 2.29 bits per heavy atom. The number of anilines is 1. The van der Waals surface area contributed by atoms with Crippen molar-refractivity contribution >= 4 is 29.4 Å². The van der Waals surface area contributed by atoms with Crippen molar-refractivity contribution in [2.24, 2.45) is 4.99 Å². The van der Waals surface area contributed by atoms with Crippen molar-refractivity contribution in [3.8, 4) is 0 Å². The summed E-state index contributed by atoms with van der Waals surface area (Å²) in [4.78, 5) is 30.2. The van der Waals surface area contributed by atoms with Crippen LogP contribution in [0.2, 0.25) is 0 Å². The zero-order chi connectivity index (χ0) is 12.4. The maximum atomic E-state index is 11.1. The smallest absolute Gasteiger partial charge is 0.244 e. The predicted molar refractivity (Wildman–Crippen MR) is 63.5 cm³/mol. The van der Waals surface area contributed by atoms with Crippen molar-refractivity contribution < 1.29 is 9.59 Å². The third kappa shape index (κ3) is 2.73. The molecule has 1 aliphatic rings. The van der Waals surface area contributed by atoms with E-state index in [1.54, 1.807) is 17.8 Å². The minimum absolute atomic E-state index is 0.195. The highest BCUT2D eigenvalue weighted by atomic mass is 32.2. The molecule has 1 aromatic heterocycles. The average Bonchev–Trinajstić information content (AvgIpc) is 2.63. The fourth-order valence-corrected chi connectivity index (χ4v) is 2.50. The number of nitrogens with zero attached hydrogens (tertiary/aromatic N) is 3. The van der Waals surface area contributed by atoms with E-state index >= 15 is 0 Å². The molecule has 2 rings (SSSR count). The molecule has 90 valence electrons. The number of rotatable bonds is 1. The van der Waals surface area contributed by atoms with E-state index < -0.39 is 0 Å². The lowest BCUT2D eigenvalue weighted by Crippen LogP contribution is -2.24. The monoisotopic (exact) mass is 252 g/mol. The first-order chi connectivity index (χ1) is 8.06. The van der Waals surface area contributed by atoms with Gasteiger partial charge in [0.1, 0.15) is 11.3 Å². The minimum atomic E-state index is -0.267. The van der Waals surface area contributed by atoms with Crippen LogP contribution in [0.4, 0.5) is 5.82 Å². The molecule has 0 spiro atoms. The van der Waals surface area contributed by atoms with Gasteiger partial charge in [0.05, 0.1) is 0 Å². The van der Waals surface area contributed by atoms with Gasteiger partial charge >= 0.3 is 0 Å². The maximum absolute atomic E-state index is 11.1. The highest BCUT2D eigenvalue weighted by Crippen LogP contribution is 2.22. The standard InChI is InChI=1S/C10H12N4O2S/c1-6(15)11-8-5-9(12-7(2)16)14-3-4-17-10(14)13-8/h5H,3-4H2,1-2H3,(H,11,15). The van der Waals surface area contributed by atoms with Crippen molar-refractivity contribution in [3.05, 3.63) is 11.6 Å². The molecule has 17 heavy (non-hydrogen) atoms. The zero-order valence-electron chi connectivity index (χ0n) is 9.56. The molecule has 0 saturated heterocycles. The number of hydrogen-bond acceptors (Lipinski definition) is 4. The van der Waals surface area contributed by atoms with Gasteiger partial charge in [0.25, 0.3) is 0 Å². The Kier molecular flexibility index (Phi) is 3.28. The van der Waals surface area contributed by atoms with Crippen LogP contribution < -0.4 is 10.8 Å². The van der Waals surface area contributed by atoms with Crippen molar-refractivity contribution in [1.29, 1.82) is 0 Å². The van der Waals surface area contributed by atoms with Crippen molar-refractivity contribution in [2.75, 3.05) is 11.1 Å². The third-order valence-corrected chi connectivity index (χ3v) is 3.07. The molecule has 0 aliphatic carbocycles. The first kappa shape index (κ1) is 11.8. The average molecular weight is 252 g/mol. The molecule has 1 N–H and O–H groups in total. The fourth-order valence-electron chi connectivity index (χ4n) is 1.54. The van der Waals surface area contributed by atoms with Crippen LogP contribution >= 0.6 is 11.8 Å². The van der Waals surface area contributed by atoms with Gasteiger partial charge in [0.2, 0.25) is 11.8 Å². The second kappa shape index (κ2) is 4.70. The number of amides is 2. The van der Waals surface area contributed by atoms with Gasteiger partial charge in [0.15, 0.2) is 5.16 Å². The Bertz CT molecular complexity index is 550. The molecule has 0 fully saturated rings. The number of carbonyl (C=O) groups excluding carboxylic acids is 2. The van der Waals surface area contributed by atoms with Gasteiger partial charge in [-0.1, -0.05) is 11.8 Å². The highest BCUT2D eigenvalue weighted by molar-refractivity contribution is 7.99. The fraction of sp³-hybridized carbons (Fsp3) is 0.400. The summed E-state index contributed by atoms with van der Waals surface area (Å²) < 4.78 is 1.87. The Hall–Kier alpha value is -1.63. The lowest BCUT2D eigenvalue weighted by Gasteiger charge is -2.06. The molecule has 1 aliphatic heterocycles. The summed E-state index contributed by atoms with van der Waals surface area (Å²) in [5, 5.41) is 3.37. The van der Waals surface area contributed by atoms with E-state index in [0.717, 1.165) is 17.5 Å². The van der Waals surface area contributed by atoms with Gasteiger partial charge in [-0.15, -0.1) is 0 Å². The molecule has 0 atom stereocenters. The number of aromatic nitrogens is 2. The van der Waals surface area contributed by atoms with E-state index in [1.165, 1.54) is 13.8 Å². The SMILES string of the molecule is CC(=O)N=c1cc(NC(C)=O)nc2n1CCS2. The molecule has 0 bridgehead atoms. The van der Waals surface area contributed by atoms with Gasteiger partial charge in [-0.05, 0) is 0 Å². The first-order valence-corrected chi connectivity index (χ1v) is 6.12. The molecule has 2 amide bonds. The first-order valence-electron chi connectivity index (χ1n) is 5.14. The number of thioether (sulfide) groups is 1. The topological polar surface area (TPSA) is 76.3 Å². The van der Waals surface area contributed by atoms with E-state index in [0.29, 0.717) is 11.3 Å². The number of fused-ring (bicyclic) bond motifs is 1. The van der Waals surface area contributed by atoms with Crippen molar-refractivity contribution in [1.82, 2.24) is 9.55 Å². The van der Waals surface area contributed by atoms with Crippen LogP contribution in [-0.4, -0.2) is 27.1 Å². The van der Waals surface area contributed by atoms with Gasteiger partial charge < -0.3 is 9.88 Å². The molecule has 1 aromatic rings. The molecule has 2 heterocycles. The molecule has 7 heteroatoms. The van der Waals surface area contributed by atoms with Crippen LogP contribution in [0, 0.1) is 0 Å². The van der Waals surface area contributed by atoms with E-state index in [2.05, 4.69) is 15.3 Å². The van der Waals surface area contributed by atoms with Crippen LogP contribution in [-0.2, 0) is 16.1 Å². The Balaban J connectivity index is 2.53. The van der Waals surface area contributed by atoms with Gasteiger partial charge in [-0.2, -0.15) is 4.99 Å². The summed E-state index contributed by atoms with van der Waals surface area (Å²) in [5.41, 5.74) is 0.538. The summed E-state index contributed by atoms with van der Waals surface area (Å²) >= 11 is 1.58. The Morgan fingerprint density at radius 1 is 1.53 bits per heavy atom. The number of nitrogens with one attached hydrogen (secondary N) is 1. The zero-order valence-corrected chi connectivity index (χ0v) is 10.4. The molecule has 0 unspecified atom stereocenters. The molecular weight excluding hydrogens is 240 g/mol. The maximum Gasteiger partial charge on any atom is 0.244 e. The second-order valence-corrected chi connectivity index (χ2v) is 4.66. The minimum Gasteiger partial charge on any atom is -0.311 e. The quantitative estimate of drug-likeness (QED) is 0.734. The van der Waals surface area contributed by atoms with E-state index in [4.69, 9.17) is 0 Å². The van der Waals surface area contributed by atoms with E-state index in [1.807, 2.05) is 4.57 Å². The van der Waals surface area contributed by atoms with Crippen LogP contribution in [0.3, 0.4) is 0 Å². The lowest BCUT2D eigenvalue weighted by atomic mass is 10.5. The lowest BCUT2D eigenvalue weighted by molar-refractivity contribution is -0.116. The summed E-state index contributed by atoms with van der Waals surface area (Å²) in [6, 6.07) is 1.61.